The number of benzene rings is 11. The van der Waals surface area contributed by atoms with Gasteiger partial charge in [0, 0.05) is 45.9 Å². The lowest BCUT2D eigenvalue weighted by Gasteiger charge is -2.20. The van der Waals surface area contributed by atoms with E-state index in [0.29, 0.717) is 0 Å². The van der Waals surface area contributed by atoms with Crippen molar-refractivity contribution in [1.82, 2.24) is 0 Å². The Kier molecular flexibility index (Phi) is 6.86. The van der Waals surface area contributed by atoms with Crippen molar-refractivity contribution < 1.29 is 0 Å². The fourth-order valence-electron chi connectivity index (χ4n) is 9.95. The predicted molar refractivity (Wildman–Crippen MR) is 256 cm³/mol. The predicted octanol–water partition coefficient (Wildman–Crippen LogP) is 17.2. The highest BCUT2D eigenvalue weighted by Gasteiger charge is 2.23. The molecule has 2 aromatic heterocycles. The normalized spacial score (nSPS) is 12.1. The molecule has 0 aliphatic carbocycles. The van der Waals surface area contributed by atoms with Crippen molar-refractivity contribution >= 4 is 117 Å². The molecule has 0 aliphatic rings. The maximum absolute atomic E-state index is 2.49. The molecule has 0 nitrogen and oxygen atoms in total. The molecule has 0 amide bonds. The average Bonchev–Trinajstić information content (AvgIpc) is 3.84. The highest BCUT2D eigenvalue weighted by molar-refractivity contribution is 7.28. The first kappa shape index (κ1) is 32.3. The fourth-order valence-corrected chi connectivity index (χ4v) is 12.4. The molecule has 268 valence electrons. The van der Waals surface area contributed by atoms with Crippen molar-refractivity contribution in [3.05, 3.63) is 194 Å². The van der Waals surface area contributed by atoms with Crippen molar-refractivity contribution in [2.24, 2.45) is 0 Å². The highest BCUT2D eigenvalue weighted by atomic mass is 32.1. The molecule has 58 heavy (non-hydrogen) atoms. The maximum atomic E-state index is 2.49. The molecule has 0 aliphatic heterocycles. The molecule has 0 saturated carbocycles. The Morgan fingerprint density at radius 2 is 0.741 bits per heavy atom. The zero-order valence-corrected chi connectivity index (χ0v) is 32.9. The van der Waals surface area contributed by atoms with Gasteiger partial charge >= 0.3 is 0 Å². The van der Waals surface area contributed by atoms with Crippen LogP contribution in [-0.2, 0) is 0 Å². The number of rotatable bonds is 3. The Bertz CT molecular complexity index is 3800. The quantitative estimate of drug-likeness (QED) is 0.157. The van der Waals surface area contributed by atoms with Crippen molar-refractivity contribution in [1.29, 1.82) is 0 Å². The van der Waals surface area contributed by atoms with E-state index in [2.05, 4.69) is 194 Å². The lowest BCUT2D eigenvalue weighted by atomic mass is 9.83. The van der Waals surface area contributed by atoms with E-state index in [4.69, 9.17) is 0 Å². The van der Waals surface area contributed by atoms with Gasteiger partial charge in [0.15, 0.2) is 0 Å². The van der Waals surface area contributed by atoms with Gasteiger partial charge in [-0.1, -0.05) is 170 Å². The van der Waals surface area contributed by atoms with Crippen LogP contribution in [0.5, 0.6) is 0 Å². The van der Waals surface area contributed by atoms with Crippen molar-refractivity contribution in [2.75, 3.05) is 0 Å². The molecule has 0 fully saturated rings. The summed E-state index contributed by atoms with van der Waals surface area (Å²) >= 11 is 3.86. The third-order valence-electron chi connectivity index (χ3n) is 12.4. The summed E-state index contributed by atoms with van der Waals surface area (Å²) < 4.78 is 5.37. The van der Waals surface area contributed by atoms with Crippen LogP contribution < -0.4 is 0 Å². The van der Waals surface area contributed by atoms with Gasteiger partial charge < -0.3 is 0 Å². The minimum Gasteiger partial charge on any atom is -0.135 e. The second-order valence-electron chi connectivity index (χ2n) is 15.5. The topological polar surface area (TPSA) is 0 Å². The van der Waals surface area contributed by atoms with Crippen LogP contribution in [0.15, 0.2) is 194 Å². The minimum absolute atomic E-state index is 1.26. The molecular weight excluding hydrogens is 737 g/mol. The molecule has 11 aromatic carbocycles. The zero-order chi connectivity index (χ0) is 37.9. The summed E-state index contributed by atoms with van der Waals surface area (Å²) in [6.07, 6.45) is 0. The zero-order valence-electron chi connectivity index (χ0n) is 31.3. The standard InChI is InChI=1S/C56H32S2/c1-2-16-35-31-50-48(30-34(35)15-1)55-54-46-25-11-12-27-49(46)57-51(54)32-47(56(55)58-50)39-28-29-45(38-20-6-5-19-37(38)39)53-43-23-9-7-21-41(43)52(42-22-8-10-24-44(42)53)40-26-13-17-33-14-3-4-18-36(33)40/h1-32H. The van der Waals surface area contributed by atoms with E-state index in [1.165, 1.54) is 128 Å². The van der Waals surface area contributed by atoms with Gasteiger partial charge in [-0.2, -0.15) is 0 Å². The lowest BCUT2D eigenvalue weighted by molar-refractivity contribution is 1.68. The molecule has 0 atom stereocenters. The Hall–Kier alpha value is -6.84. The summed E-state index contributed by atoms with van der Waals surface area (Å²) in [5, 5.41) is 18.2. The van der Waals surface area contributed by atoms with Gasteiger partial charge in [0.1, 0.15) is 0 Å². The maximum Gasteiger partial charge on any atom is 0.0441 e. The second-order valence-corrected chi connectivity index (χ2v) is 17.6. The molecule has 0 saturated heterocycles. The number of hydrogen-bond donors (Lipinski definition) is 0. The Morgan fingerprint density at radius 1 is 0.241 bits per heavy atom. The summed E-state index contributed by atoms with van der Waals surface area (Å²) in [6, 6.07) is 72.5. The van der Waals surface area contributed by atoms with Gasteiger partial charge in [-0.3, -0.25) is 0 Å². The second kappa shape index (κ2) is 12.3. The van der Waals surface area contributed by atoms with Crippen LogP contribution in [0, 0.1) is 0 Å². The van der Waals surface area contributed by atoms with Crippen LogP contribution in [0.4, 0.5) is 0 Å². The van der Waals surface area contributed by atoms with Gasteiger partial charge in [-0.05, 0) is 106 Å². The largest absolute Gasteiger partial charge is 0.135 e. The number of fused-ring (bicyclic) bond motifs is 12. The molecular formula is C56H32S2. The monoisotopic (exact) mass is 768 g/mol. The summed E-state index contributed by atoms with van der Waals surface area (Å²) in [5.74, 6) is 0. The van der Waals surface area contributed by atoms with Crippen molar-refractivity contribution in [3.8, 4) is 33.4 Å². The minimum atomic E-state index is 1.26. The first-order valence-corrected chi connectivity index (χ1v) is 21.6. The van der Waals surface area contributed by atoms with Crippen molar-refractivity contribution in [2.45, 2.75) is 0 Å². The van der Waals surface area contributed by atoms with Crippen LogP contribution in [0.1, 0.15) is 0 Å². The Balaban J connectivity index is 1.12. The molecule has 2 heteroatoms. The average molecular weight is 769 g/mol. The van der Waals surface area contributed by atoms with E-state index < -0.39 is 0 Å². The van der Waals surface area contributed by atoms with Gasteiger partial charge in [0.25, 0.3) is 0 Å². The van der Waals surface area contributed by atoms with Crippen LogP contribution in [0.25, 0.3) is 128 Å². The molecule has 13 aromatic rings. The van der Waals surface area contributed by atoms with E-state index in [1.807, 2.05) is 22.7 Å². The van der Waals surface area contributed by atoms with Gasteiger partial charge in [-0.25, -0.2) is 0 Å². The van der Waals surface area contributed by atoms with E-state index in [9.17, 15) is 0 Å². The Labute approximate surface area is 342 Å². The smallest absolute Gasteiger partial charge is 0.0441 e. The van der Waals surface area contributed by atoms with Gasteiger partial charge in [-0.15, -0.1) is 22.7 Å². The summed E-state index contributed by atoms with van der Waals surface area (Å²) in [7, 11) is 0. The number of hydrogen-bond acceptors (Lipinski definition) is 2. The SMILES string of the molecule is c1ccc2cc3c(cc2c1)sc1c(-c2ccc(-c4c5ccccc5c(-c5cccc6ccccc56)c5ccccc45)c4ccccc24)cc2sc4ccccc4c2c13. The van der Waals surface area contributed by atoms with Crippen LogP contribution in [-0.4, -0.2) is 0 Å². The van der Waals surface area contributed by atoms with E-state index in [1.54, 1.807) is 0 Å². The van der Waals surface area contributed by atoms with Crippen LogP contribution in [0.3, 0.4) is 0 Å². The molecule has 0 N–H and O–H groups in total. The molecule has 0 unspecified atom stereocenters. The lowest BCUT2D eigenvalue weighted by Crippen LogP contribution is -1.93. The van der Waals surface area contributed by atoms with E-state index >= 15 is 0 Å². The molecule has 13 rings (SSSR count). The third-order valence-corrected chi connectivity index (χ3v) is 14.7. The summed E-state index contributed by atoms with van der Waals surface area (Å²) in [6.45, 7) is 0. The molecule has 0 bridgehead atoms. The highest BCUT2D eigenvalue weighted by Crippen LogP contribution is 2.52. The van der Waals surface area contributed by atoms with Crippen LogP contribution in [0.2, 0.25) is 0 Å². The first-order chi connectivity index (χ1) is 28.8. The van der Waals surface area contributed by atoms with E-state index in [0.717, 1.165) is 0 Å². The molecule has 0 radical (unpaired) electrons. The van der Waals surface area contributed by atoms with Crippen LogP contribution >= 0.6 is 22.7 Å². The third kappa shape index (κ3) is 4.56. The first-order valence-electron chi connectivity index (χ1n) is 19.9. The Morgan fingerprint density at radius 3 is 1.43 bits per heavy atom. The molecule has 2 heterocycles. The summed E-state index contributed by atoms with van der Waals surface area (Å²) in [4.78, 5) is 0. The van der Waals surface area contributed by atoms with Gasteiger partial charge in [0.2, 0.25) is 0 Å². The van der Waals surface area contributed by atoms with E-state index in [-0.39, 0.29) is 0 Å². The summed E-state index contributed by atoms with van der Waals surface area (Å²) in [5.41, 5.74) is 7.71. The fraction of sp³-hybridized carbons (Fsp3) is 0. The van der Waals surface area contributed by atoms with Gasteiger partial charge in [0.05, 0.1) is 0 Å². The number of thiophene rings is 2. The molecule has 0 spiro atoms. The van der Waals surface area contributed by atoms with Crippen molar-refractivity contribution in [3.63, 3.8) is 0 Å².